The monoisotopic (exact) mass is 281 g/mol. The van der Waals surface area contributed by atoms with E-state index in [1.807, 2.05) is 42.5 Å². The first-order valence-corrected chi connectivity index (χ1v) is 6.57. The molecule has 0 bridgehead atoms. The van der Waals surface area contributed by atoms with Crippen LogP contribution < -0.4 is 15.0 Å². The molecule has 21 heavy (non-hydrogen) atoms. The zero-order valence-corrected chi connectivity index (χ0v) is 11.8. The molecule has 3 rings (SSSR count). The molecule has 1 heterocycles. The molecular formula is C17H15NO3. The van der Waals surface area contributed by atoms with Gasteiger partial charge >= 0.3 is 0 Å². The van der Waals surface area contributed by atoms with Gasteiger partial charge in [0.05, 0.1) is 19.9 Å². The van der Waals surface area contributed by atoms with E-state index in [0.29, 0.717) is 11.5 Å². The van der Waals surface area contributed by atoms with Crippen LogP contribution in [0.3, 0.4) is 0 Å². The van der Waals surface area contributed by atoms with E-state index in [4.69, 9.17) is 9.47 Å². The van der Waals surface area contributed by atoms with E-state index in [9.17, 15) is 4.79 Å². The van der Waals surface area contributed by atoms with Crippen molar-refractivity contribution in [2.24, 2.45) is 0 Å². The van der Waals surface area contributed by atoms with Crippen LogP contribution in [0.15, 0.2) is 53.3 Å². The van der Waals surface area contributed by atoms with E-state index < -0.39 is 0 Å². The van der Waals surface area contributed by atoms with E-state index in [0.717, 1.165) is 22.0 Å². The molecule has 0 spiro atoms. The molecule has 0 unspecified atom stereocenters. The number of benzene rings is 2. The smallest absolute Gasteiger partial charge is 0.249 e. The van der Waals surface area contributed by atoms with Gasteiger partial charge in [-0.2, -0.15) is 0 Å². The van der Waals surface area contributed by atoms with Crippen molar-refractivity contribution in [3.8, 4) is 22.8 Å². The summed E-state index contributed by atoms with van der Waals surface area (Å²) in [5, 5.41) is 1.73. The summed E-state index contributed by atoms with van der Waals surface area (Å²) in [4.78, 5) is 14.8. The van der Waals surface area contributed by atoms with Gasteiger partial charge in [-0.1, -0.05) is 30.3 Å². The fourth-order valence-electron chi connectivity index (χ4n) is 2.43. The maximum absolute atomic E-state index is 11.9. The number of rotatable bonds is 3. The van der Waals surface area contributed by atoms with Crippen LogP contribution in [0.4, 0.5) is 0 Å². The van der Waals surface area contributed by atoms with E-state index >= 15 is 0 Å². The number of H-pyrrole nitrogens is 1. The number of methoxy groups -OCH3 is 2. The Labute approximate surface area is 122 Å². The highest BCUT2D eigenvalue weighted by Crippen LogP contribution is 2.35. The van der Waals surface area contributed by atoms with Gasteiger partial charge in [0.2, 0.25) is 5.56 Å². The zero-order chi connectivity index (χ0) is 14.8. The lowest BCUT2D eigenvalue weighted by molar-refractivity contribution is 0.356. The highest BCUT2D eigenvalue weighted by atomic mass is 16.5. The molecule has 1 N–H and O–H groups in total. The van der Waals surface area contributed by atoms with Crippen LogP contribution in [0.1, 0.15) is 0 Å². The van der Waals surface area contributed by atoms with Gasteiger partial charge in [0.1, 0.15) is 0 Å². The zero-order valence-electron chi connectivity index (χ0n) is 11.8. The predicted octanol–water partition coefficient (Wildman–Crippen LogP) is 3.21. The van der Waals surface area contributed by atoms with Gasteiger partial charge in [-0.3, -0.25) is 4.79 Å². The Morgan fingerprint density at radius 3 is 2.24 bits per heavy atom. The molecule has 0 aliphatic heterocycles. The Balaban J connectivity index is 2.37. The van der Waals surface area contributed by atoms with Crippen LogP contribution in [-0.2, 0) is 0 Å². The molecule has 0 radical (unpaired) electrons. The minimum Gasteiger partial charge on any atom is -0.493 e. The molecule has 4 heteroatoms. The molecule has 0 saturated heterocycles. The van der Waals surface area contributed by atoms with E-state index in [1.165, 1.54) is 0 Å². The highest BCUT2D eigenvalue weighted by molar-refractivity contribution is 5.96. The van der Waals surface area contributed by atoms with Crippen molar-refractivity contribution >= 4 is 10.8 Å². The minimum absolute atomic E-state index is 0.145. The van der Waals surface area contributed by atoms with Crippen LogP contribution in [0.2, 0.25) is 0 Å². The van der Waals surface area contributed by atoms with Crippen LogP contribution in [-0.4, -0.2) is 19.2 Å². The standard InChI is InChI=1S/C17H15NO3/c1-20-14-8-12-9-16(19)18-17(11-6-4-3-5-7-11)13(12)10-15(14)21-2/h3-10H,1-2H3,(H,18,19). The first-order chi connectivity index (χ1) is 10.2. The molecular weight excluding hydrogens is 266 g/mol. The molecule has 0 aliphatic rings. The number of hydrogen-bond donors (Lipinski definition) is 1. The molecule has 0 amide bonds. The summed E-state index contributed by atoms with van der Waals surface area (Å²) in [6, 6.07) is 15.0. The van der Waals surface area contributed by atoms with Crippen molar-refractivity contribution in [2.75, 3.05) is 14.2 Å². The summed E-state index contributed by atoms with van der Waals surface area (Å²) in [6.07, 6.45) is 0. The Kier molecular flexibility index (Phi) is 3.36. The van der Waals surface area contributed by atoms with E-state index in [2.05, 4.69) is 4.98 Å². The van der Waals surface area contributed by atoms with Crippen molar-refractivity contribution in [3.05, 3.63) is 58.9 Å². The van der Waals surface area contributed by atoms with Crippen molar-refractivity contribution in [3.63, 3.8) is 0 Å². The van der Waals surface area contributed by atoms with Crippen LogP contribution in [0, 0.1) is 0 Å². The highest BCUT2D eigenvalue weighted by Gasteiger charge is 2.11. The number of ether oxygens (including phenoxy) is 2. The van der Waals surface area contributed by atoms with Crippen molar-refractivity contribution in [2.45, 2.75) is 0 Å². The SMILES string of the molecule is COc1cc2cc(=O)[nH]c(-c3ccccc3)c2cc1OC. The number of fused-ring (bicyclic) bond motifs is 1. The molecule has 1 aromatic heterocycles. The van der Waals surface area contributed by atoms with E-state index in [-0.39, 0.29) is 5.56 Å². The van der Waals surface area contributed by atoms with Gasteiger partial charge in [0, 0.05) is 11.5 Å². The third-order valence-corrected chi connectivity index (χ3v) is 3.42. The molecule has 2 aromatic carbocycles. The number of nitrogens with one attached hydrogen (secondary N) is 1. The topological polar surface area (TPSA) is 51.3 Å². The number of hydrogen-bond acceptors (Lipinski definition) is 3. The molecule has 0 saturated carbocycles. The van der Waals surface area contributed by atoms with Gasteiger partial charge in [0.25, 0.3) is 0 Å². The van der Waals surface area contributed by atoms with Crippen LogP contribution in [0.5, 0.6) is 11.5 Å². The van der Waals surface area contributed by atoms with Gasteiger partial charge in [-0.15, -0.1) is 0 Å². The van der Waals surface area contributed by atoms with Gasteiger partial charge in [-0.05, 0) is 23.1 Å². The largest absolute Gasteiger partial charge is 0.493 e. The summed E-state index contributed by atoms with van der Waals surface area (Å²) in [5.74, 6) is 1.24. The summed E-state index contributed by atoms with van der Waals surface area (Å²) < 4.78 is 10.6. The normalized spacial score (nSPS) is 10.6. The van der Waals surface area contributed by atoms with Gasteiger partial charge in [-0.25, -0.2) is 0 Å². The first-order valence-electron chi connectivity index (χ1n) is 6.57. The lowest BCUT2D eigenvalue weighted by Crippen LogP contribution is -2.06. The second-order valence-electron chi connectivity index (χ2n) is 4.67. The molecule has 0 fully saturated rings. The molecule has 4 nitrogen and oxygen atoms in total. The number of pyridine rings is 1. The summed E-state index contributed by atoms with van der Waals surface area (Å²) >= 11 is 0. The molecule has 0 aliphatic carbocycles. The third-order valence-electron chi connectivity index (χ3n) is 3.42. The Bertz CT molecular complexity index is 838. The van der Waals surface area contributed by atoms with Gasteiger partial charge in [0.15, 0.2) is 11.5 Å². The van der Waals surface area contributed by atoms with Crippen LogP contribution in [0.25, 0.3) is 22.0 Å². The Morgan fingerprint density at radius 2 is 1.57 bits per heavy atom. The fourth-order valence-corrected chi connectivity index (χ4v) is 2.43. The maximum Gasteiger partial charge on any atom is 0.249 e. The number of aromatic amines is 1. The average molecular weight is 281 g/mol. The van der Waals surface area contributed by atoms with Crippen molar-refractivity contribution < 1.29 is 9.47 Å². The quantitative estimate of drug-likeness (QED) is 0.802. The molecule has 0 atom stereocenters. The number of aromatic nitrogens is 1. The lowest BCUT2D eigenvalue weighted by Gasteiger charge is -2.12. The molecule has 106 valence electrons. The first kappa shape index (κ1) is 13.2. The molecule has 3 aromatic rings. The average Bonchev–Trinajstić information content (AvgIpc) is 2.53. The summed E-state index contributed by atoms with van der Waals surface area (Å²) in [7, 11) is 3.17. The van der Waals surface area contributed by atoms with Crippen LogP contribution >= 0.6 is 0 Å². The fraction of sp³-hybridized carbons (Fsp3) is 0.118. The van der Waals surface area contributed by atoms with E-state index in [1.54, 1.807) is 20.3 Å². The maximum atomic E-state index is 11.9. The Hall–Kier alpha value is -2.75. The predicted molar refractivity (Wildman–Crippen MR) is 83.1 cm³/mol. The second kappa shape index (κ2) is 5.32. The van der Waals surface area contributed by atoms with Gasteiger partial charge < -0.3 is 14.5 Å². The third kappa shape index (κ3) is 2.36. The second-order valence-corrected chi connectivity index (χ2v) is 4.67. The minimum atomic E-state index is -0.145. The summed E-state index contributed by atoms with van der Waals surface area (Å²) in [5.41, 5.74) is 1.58. The van der Waals surface area contributed by atoms with Crippen molar-refractivity contribution in [1.82, 2.24) is 4.98 Å². The Morgan fingerprint density at radius 1 is 0.905 bits per heavy atom. The summed E-state index contributed by atoms with van der Waals surface area (Å²) in [6.45, 7) is 0. The lowest BCUT2D eigenvalue weighted by atomic mass is 10.0. The van der Waals surface area contributed by atoms with Crippen molar-refractivity contribution in [1.29, 1.82) is 0 Å².